The lowest BCUT2D eigenvalue weighted by molar-refractivity contribution is -0.123. The van der Waals surface area contributed by atoms with Crippen LogP contribution >= 0.6 is 0 Å². The van der Waals surface area contributed by atoms with Gasteiger partial charge in [0.25, 0.3) is 5.91 Å². The van der Waals surface area contributed by atoms with E-state index in [9.17, 15) is 14.0 Å². The van der Waals surface area contributed by atoms with Crippen LogP contribution in [-0.2, 0) is 4.79 Å². The molecule has 0 saturated carbocycles. The molecule has 1 aromatic rings. The molecule has 1 rings (SSSR count). The molecule has 0 atom stereocenters. The van der Waals surface area contributed by atoms with Gasteiger partial charge in [-0.05, 0) is 45.9 Å². The van der Waals surface area contributed by atoms with E-state index in [-0.39, 0.29) is 29.5 Å². The first-order valence-electron chi connectivity index (χ1n) is 7.62. The van der Waals surface area contributed by atoms with Crippen LogP contribution in [0, 0.1) is 5.82 Å². The van der Waals surface area contributed by atoms with Crippen LogP contribution in [0.1, 0.15) is 38.1 Å². The molecule has 1 N–H and O–H groups in total. The quantitative estimate of drug-likeness (QED) is 0.904. The van der Waals surface area contributed by atoms with Crippen molar-refractivity contribution < 1.29 is 14.0 Å². The molecule has 1 aromatic carbocycles. The van der Waals surface area contributed by atoms with Crippen LogP contribution in [0.3, 0.4) is 0 Å². The lowest BCUT2D eigenvalue weighted by Gasteiger charge is -2.25. The smallest absolute Gasteiger partial charge is 0.254 e. The molecule has 0 unspecified atom stereocenters. The van der Waals surface area contributed by atoms with E-state index in [0.29, 0.717) is 12.2 Å². The Morgan fingerprint density at radius 1 is 1.22 bits per heavy atom. The fourth-order valence-corrected chi connectivity index (χ4v) is 2.14. The van der Waals surface area contributed by atoms with Gasteiger partial charge >= 0.3 is 0 Å². The molecule has 0 heterocycles. The zero-order valence-electron chi connectivity index (χ0n) is 14.7. The number of anilines is 1. The summed E-state index contributed by atoms with van der Waals surface area (Å²) in [5.74, 6) is -1.06. The summed E-state index contributed by atoms with van der Waals surface area (Å²) in [5.41, 5.74) is 0.285. The second-order valence-electron chi connectivity index (χ2n) is 6.68. The minimum Gasteiger partial charge on any atom is -0.375 e. The standard InChI is InChI=1S/C17H26FN3O2/c1-7-21(11-15(22)19-17(2,3)4)16(23)12-8-9-14(20(5)6)13(18)10-12/h8-10H,7,11H2,1-6H3,(H,19,22). The zero-order valence-corrected chi connectivity index (χ0v) is 14.7. The van der Waals surface area contributed by atoms with Crippen LogP contribution in [0.15, 0.2) is 18.2 Å². The predicted molar refractivity (Wildman–Crippen MR) is 90.2 cm³/mol. The van der Waals surface area contributed by atoms with Crippen molar-refractivity contribution in [2.45, 2.75) is 33.2 Å². The summed E-state index contributed by atoms with van der Waals surface area (Å²) >= 11 is 0. The highest BCUT2D eigenvalue weighted by molar-refractivity contribution is 5.96. The molecule has 0 bridgehead atoms. The number of amides is 2. The van der Waals surface area contributed by atoms with Gasteiger partial charge in [0, 0.05) is 31.7 Å². The molecule has 0 aromatic heterocycles. The maximum atomic E-state index is 14.0. The van der Waals surface area contributed by atoms with E-state index in [2.05, 4.69) is 5.32 Å². The molecule has 0 fully saturated rings. The Hall–Kier alpha value is -2.11. The van der Waals surface area contributed by atoms with Crippen molar-refractivity contribution in [2.75, 3.05) is 32.1 Å². The van der Waals surface area contributed by atoms with Gasteiger partial charge in [-0.2, -0.15) is 0 Å². The van der Waals surface area contributed by atoms with Crippen molar-refractivity contribution in [3.8, 4) is 0 Å². The molecular formula is C17H26FN3O2. The van der Waals surface area contributed by atoms with Gasteiger partial charge in [0.05, 0.1) is 12.2 Å². The zero-order chi connectivity index (χ0) is 17.8. The summed E-state index contributed by atoms with van der Waals surface area (Å²) in [6.45, 7) is 7.72. The lowest BCUT2D eigenvalue weighted by Crippen LogP contribution is -2.47. The SMILES string of the molecule is CCN(CC(=O)NC(C)(C)C)C(=O)c1ccc(N(C)C)c(F)c1. The van der Waals surface area contributed by atoms with Crippen molar-refractivity contribution in [2.24, 2.45) is 0 Å². The third-order valence-electron chi connectivity index (χ3n) is 3.19. The van der Waals surface area contributed by atoms with Crippen molar-refractivity contribution in [3.05, 3.63) is 29.6 Å². The van der Waals surface area contributed by atoms with Gasteiger partial charge < -0.3 is 15.1 Å². The predicted octanol–water partition coefficient (Wildman–Crippen LogP) is 2.27. The first-order chi connectivity index (χ1) is 10.5. The topological polar surface area (TPSA) is 52.7 Å². The second kappa shape index (κ2) is 7.44. The van der Waals surface area contributed by atoms with E-state index < -0.39 is 5.82 Å². The number of benzene rings is 1. The minimum atomic E-state index is -0.462. The number of halogens is 1. The molecule has 0 aliphatic rings. The summed E-state index contributed by atoms with van der Waals surface area (Å²) in [6, 6.07) is 4.35. The minimum absolute atomic E-state index is 0.0519. The number of carbonyl (C=O) groups is 2. The number of likely N-dealkylation sites (N-methyl/N-ethyl adjacent to an activating group) is 1. The molecule has 0 saturated heterocycles. The van der Waals surface area contributed by atoms with Crippen molar-refractivity contribution >= 4 is 17.5 Å². The van der Waals surface area contributed by atoms with E-state index in [0.717, 1.165) is 0 Å². The summed E-state index contributed by atoms with van der Waals surface area (Å²) in [6.07, 6.45) is 0. The Morgan fingerprint density at radius 3 is 2.26 bits per heavy atom. The number of hydrogen-bond acceptors (Lipinski definition) is 3. The molecule has 0 aliphatic carbocycles. The van der Waals surface area contributed by atoms with Crippen LogP contribution in [0.25, 0.3) is 0 Å². The molecule has 6 heteroatoms. The number of hydrogen-bond donors (Lipinski definition) is 1. The largest absolute Gasteiger partial charge is 0.375 e. The van der Waals surface area contributed by atoms with Crippen LogP contribution in [0.5, 0.6) is 0 Å². The van der Waals surface area contributed by atoms with Crippen LogP contribution in [-0.4, -0.2) is 49.4 Å². The molecular weight excluding hydrogens is 297 g/mol. The lowest BCUT2D eigenvalue weighted by atomic mass is 10.1. The molecule has 0 aliphatic heterocycles. The summed E-state index contributed by atoms with van der Waals surface area (Å²) in [7, 11) is 3.46. The average Bonchev–Trinajstić information content (AvgIpc) is 2.41. The van der Waals surface area contributed by atoms with Crippen molar-refractivity contribution in [1.29, 1.82) is 0 Å². The average molecular weight is 323 g/mol. The third-order valence-corrected chi connectivity index (χ3v) is 3.19. The number of nitrogens with zero attached hydrogens (tertiary/aromatic N) is 2. The molecule has 5 nitrogen and oxygen atoms in total. The first kappa shape index (κ1) is 18.9. The molecule has 0 spiro atoms. The van der Waals surface area contributed by atoms with Crippen molar-refractivity contribution in [1.82, 2.24) is 10.2 Å². The van der Waals surface area contributed by atoms with Gasteiger partial charge in [0.15, 0.2) is 0 Å². The summed E-state index contributed by atoms with van der Waals surface area (Å²) < 4.78 is 14.0. The normalized spacial score (nSPS) is 11.1. The van der Waals surface area contributed by atoms with E-state index in [4.69, 9.17) is 0 Å². The summed E-state index contributed by atoms with van der Waals surface area (Å²) in [5, 5.41) is 2.81. The number of nitrogens with one attached hydrogen (secondary N) is 1. The fraction of sp³-hybridized carbons (Fsp3) is 0.529. The van der Waals surface area contributed by atoms with Gasteiger partial charge in [-0.1, -0.05) is 0 Å². The Bertz CT molecular complexity index is 580. The maximum absolute atomic E-state index is 14.0. The second-order valence-corrected chi connectivity index (χ2v) is 6.68. The molecule has 23 heavy (non-hydrogen) atoms. The third kappa shape index (κ3) is 5.54. The molecule has 128 valence electrons. The number of rotatable bonds is 5. The van der Waals surface area contributed by atoms with Gasteiger partial charge in [-0.15, -0.1) is 0 Å². The van der Waals surface area contributed by atoms with Crippen LogP contribution in [0.4, 0.5) is 10.1 Å². The van der Waals surface area contributed by atoms with Gasteiger partial charge in [0.2, 0.25) is 5.91 Å². The number of carbonyl (C=O) groups excluding carboxylic acids is 2. The molecule has 2 amide bonds. The Balaban J connectivity index is 2.88. The highest BCUT2D eigenvalue weighted by Gasteiger charge is 2.21. The monoisotopic (exact) mass is 323 g/mol. The summed E-state index contributed by atoms with van der Waals surface area (Å²) in [4.78, 5) is 27.5. The first-order valence-corrected chi connectivity index (χ1v) is 7.62. The van der Waals surface area contributed by atoms with Crippen LogP contribution < -0.4 is 10.2 Å². The molecule has 0 radical (unpaired) electrons. The Labute approximate surface area is 137 Å². The van der Waals surface area contributed by atoms with Gasteiger partial charge in [-0.3, -0.25) is 9.59 Å². The Morgan fingerprint density at radius 2 is 1.83 bits per heavy atom. The van der Waals surface area contributed by atoms with E-state index in [1.807, 2.05) is 20.8 Å². The highest BCUT2D eigenvalue weighted by atomic mass is 19.1. The van der Waals surface area contributed by atoms with Crippen molar-refractivity contribution in [3.63, 3.8) is 0 Å². The maximum Gasteiger partial charge on any atom is 0.254 e. The van der Waals surface area contributed by atoms with E-state index in [1.54, 1.807) is 38.1 Å². The van der Waals surface area contributed by atoms with Crippen LogP contribution in [0.2, 0.25) is 0 Å². The van der Waals surface area contributed by atoms with Gasteiger partial charge in [0.1, 0.15) is 5.82 Å². The highest BCUT2D eigenvalue weighted by Crippen LogP contribution is 2.19. The van der Waals surface area contributed by atoms with Gasteiger partial charge in [-0.25, -0.2) is 4.39 Å². The van der Waals surface area contributed by atoms with E-state index in [1.165, 1.54) is 11.0 Å². The fourth-order valence-electron chi connectivity index (χ4n) is 2.14. The Kier molecular flexibility index (Phi) is 6.12. The van der Waals surface area contributed by atoms with E-state index >= 15 is 0 Å².